The highest BCUT2D eigenvalue weighted by Gasteiger charge is 2.33. The van der Waals surface area contributed by atoms with Crippen molar-refractivity contribution in [2.24, 2.45) is 0 Å². The Morgan fingerprint density at radius 1 is 1.00 bits per heavy atom. The van der Waals surface area contributed by atoms with Crippen LogP contribution in [0.3, 0.4) is 0 Å². The van der Waals surface area contributed by atoms with Crippen molar-refractivity contribution in [3.05, 3.63) is 79.0 Å². The molecule has 1 unspecified atom stereocenters. The molecule has 1 N–H and O–H groups in total. The number of nitrogens with zero attached hydrogens (tertiary/aromatic N) is 6. The van der Waals surface area contributed by atoms with E-state index in [1.54, 1.807) is 71.8 Å². The van der Waals surface area contributed by atoms with Gasteiger partial charge in [-0.1, -0.05) is 6.07 Å². The molecule has 4 aromatic rings. The summed E-state index contributed by atoms with van der Waals surface area (Å²) in [6.45, 7) is 2.42. The van der Waals surface area contributed by atoms with E-state index >= 15 is 0 Å². The second-order valence-corrected chi connectivity index (χ2v) is 9.98. The number of methoxy groups -OCH3 is 1. The Labute approximate surface area is 248 Å². The molecule has 0 bridgehead atoms. The van der Waals surface area contributed by atoms with Crippen LogP contribution in [0.25, 0.3) is 5.95 Å². The zero-order valence-corrected chi connectivity index (χ0v) is 23.6. The maximum atomic E-state index is 13.2. The molecule has 1 atom stereocenters. The molecular formula is C30H31N7O6. The van der Waals surface area contributed by atoms with Gasteiger partial charge in [-0.05, 0) is 48.0 Å². The zero-order chi connectivity index (χ0) is 29.6. The van der Waals surface area contributed by atoms with E-state index in [-0.39, 0.29) is 24.9 Å². The molecule has 6 rings (SSSR count). The van der Waals surface area contributed by atoms with Gasteiger partial charge in [0.25, 0.3) is 0 Å². The van der Waals surface area contributed by atoms with Crippen LogP contribution < -0.4 is 29.2 Å². The van der Waals surface area contributed by atoms with Crippen LogP contribution in [0.4, 0.5) is 10.6 Å². The Kier molecular flexibility index (Phi) is 8.20. The fourth-order valence-electron chi connectivity index (χ4n) is 4.99. The van der Waals surface area contributed by atoms with Gasteiger partial charge < -0.3 is 34.1 Å². The molecule has 0 aliphatic carbocycles. The van der Waals surface area contributed by atoms with Gasteiger partial charge in [-0.3, -0.25) is 9.36 Å². The number of carbonyl (C=O) groups is 2. The summed E-state index contributed by atoms with van der Waals surface area (Å²) in [5.41, 5.74) is 0.892. The highest BCUT2D eigenvalue weighted by molar-refractivity contribution is 5.78. The Bertz CT molecular complexity index is 1560. The fraction of sp³-hybridized carbons (Fsp3) is 0.300. The minimum absolute atomic E-state index is 0.126. The maximum absolute atomic E-state index is 13.2. The predicted molar refractivity (Wildman–Crippen MR) is 155 cm³/mol. The molecule has 0 radical (unpaired) electrons. The number of carbonyl (C=O) groups excluding carboxylic acids is 2. The van der Waals surface area contributed by atoms with Gasteiger partial charge in [-0.25, -0.2) is 14.8 Å². The van der Waals surface area contributed by atoms with Gasteiger partial charge in [0, 0.05) is 51.2 Å². The number of imidazole rings is 1. The van der Waals surface area contributed by atoms with Gasteiger partial charge in [0.15, 0.2) is 11.5 Å². The Hall–Kier alpha value is -5.33. The first-order valence-electron chi connectivity index (χ1n) is 13.9. The monoisotopic (exact) mass is 585 g/mol. The topological polar surface area (TPSA) is 133 Å². The number of anilines is 1. The number of fused-ring (bicyclic) bond motifs is 1. The van der Waals surface area contributed by atoms with E-state index in [0.717, 1.165) is 5.56 Å². The second-order valence-electron chi connectivity index (χ2n) is 9.98. The predicted octanol–water partition coefficient (Wildman–Crippen LogP) is 2.84. The third-order valence-electron chi connectivity index (χ3n) is 7.18. The number of hydrogen-bond acceptors (Lipinski definition) is 10. The quantitative estimate of drug-likeness (QED) is 0.329. The van der Waals surface area contributed by atoms with Gasteiger partial charge in [-0.15, -0.1) is 0 Å². The zero-order valence-electron chi connectivity index (χ0n) is 23.6. The summed E-state index contributed by atoms with van der Waals surface area (Å²) < 4.78 is 23.8. The lowest BCUT2D eigenvalue weighted by molar-refractivity contribution is -0.121. The van der Waals surface area contributed by atoms with Crippen LogP contribution in [0.2, 0.25) is 0 Å². The van der Waals surface area contributed by atoms with Crippen LogP contribution in [-0.2, 0) is 11.3 Å². The SMILES string of the molecule is COc1ccc(OC(=O)N2CCN(c3ccnc(-n4ccnc4)n3)C(CC(=O)NCc3ccc4c(c3)OCCO4)C2)cc1. The first-order chi connectivity index (χ1) is 21.1. The lowest BCUT2D eigenvalue weighted by Crippen LogP contribution is -2.57. The molecule has 13 nitrogen and oxygen atoms in total. The summed E-state index contributed by atoms with van der Waals surface area (Å²) in [5, 5.41) is 3.00. The minimum atomic E-state index is -0.492. The molecule has 0 spiro atoms. The van der Waals surface area contributed by atoms with Crippen molar-refractivity contribution in [1.29, 1.82) is 0 Å². The van der Waals surface area contributed by atoms with Gasteiger partial charge in [-0.2, -0.15) is 4.98 Å². The van der Waals surface area contributed by atoms with Crippen LogP contribution in [0, 0.1) is 0 Å². The Morgan fingerprint density at radius 3 is 2.60 bits per heavy atom. The molecule has 13 heteroatoms. The fourth-order valence-corrected chi connectivity index (χ4v) is 4.99. The summed E-state index contributed by atoms with van der Waals surface area (Å²) in [6.07, 6.45) is 6.33. The summed E-state index contributed by atoms with van der Waals surface area (Å²) in [6, 6.07) is 13.8. The minimum Gasteiger partial charge on any atom is -0.497 e. The van der Waals surface area contributed by atoms with Crippen LogP contribution >= 0.6 is 0 Å². The summed E-state index contributed by atoms with van der Waals surface area (Å²) in [7, 11) is 1.57. The van der Waals surface area contributed by atoms with E-state index in [1.807, 2.05) is 23.1 Å². The molecule has 2 amide bonds. The Balaban J connectivity index is 1.16. The molecule has 1 fully saturated rings. The summed E-state index contributed by atoms with van der Waals surface area (Å²) in [4.78, 5) is 43.2. The highest BCUT2D eigenvalue weighted by atomic mass is 16.6. The van der Waals surface area contributed by atoms with Crippen molar-refractivity contribution >= 4 is 17.8 Å². The molecule has 43 heavy (non-hydrogen) atoms. The number of hydrogen-bond donors (Lipinski definition) is 1. The number of piperazine rings is 1. The number of amides is 2. The van der Waals surface area contributed by atoms with Crippen LogP contribution in [0.1, 0.15) is 12.0 Å². The molecule has 2 aliphatic rings. The standard InChI is InChI=1S/C30H31N7O6/c1-40-23-3-5-24(6-4-23)43-30(39)35-12-13-37(27-8-9-32-29(34-27)36-11-10-31-20-36)22(19-35)17-28(38)33-18-21-2-7-25-26(16-21)42-15-14-41-25/h2-11,16,20,22H,12-15,17-19H2,1H3,(H,33,38). The molecule has 2 aliphatic heterocycles. The number of nitrogens with one attached hydrogen (secondary N) is 1. The highest BCUT2D eigenvalue weighted by Crippen LogP contribution is 2.31. The van der Waals surface area contributed by atoms with Crippen molar-refractivity contribution in [1.82, 2.24) is 29.7 Å². The van der Waals surface area contributed by atoms with E-state index in [1.165, 1.54) is 0 Å². The van der Waals surface area contributed by atoms with E-state index in [0.29, 0.717) is 67.6 Å². The van der Waals surface area contributed by atoms with Gasteiger partial charge in [0.2, 0.25) is 11.9 Å². The number of aromatic nitrogens is 4. The molecular weight excluding hydrogens is 554 g/mol. The molecule has 4 heterocycles. The van der Waals surface area contributed by atoms with Crippen LogP contribution in [-0.4, -0.2) is 82.4 Å². The number of rotatable bonds is 8. The number of ether oxygens (including phenoxy) is 4. The van der Waals surface area contributed by atoms with Crippen molar-refractivity contribution < 1.29 is 28.5 Å². The van der Waals surface area contributed by atoms with E-state index in [4.69, 9.17) is 23.9 Å². The van der Waals surface area contributed by atoms with Crippen molar-refractivity contribution in [3.8, 4) is 28.9 Å². The second kappa shape index (κ2) is 12.7. The first kappa shape index (κ1) is 27.8. The molecule has 2 aromatic heterocycles. The molecule has 2 aromatic carbocycles. The largest absolute Gasteiger partial charge is 0.497 e. The van der Waals surface area contributed by atoms with Crippen LogP contribution in [0.15, 0.2) is 73.4 Å². The first-order valence-corrected chi connectivity index (χ1v) is 13.9. The average molecular weight is 586 g/mol. The number of benzene rings is 2. The summed E-state index contributed by atoms with van der Waals surface area (Å²) >= 11 is 0. The van der Waals surface area contributed by atoms with Crippen LogP contribution in [0.5, 0.6) is 23.0 Å². The summed E-state index contributed by atoms with van der Waals surface area (Å²) in [5.74, 6) is 3.36. The maximum Gasteiger partial charge on any atom is 0.415 e. The molecule has 1 saturated heterocycles. The van der Waals surface area contributed by atoms with Crippen molar-refractivity contribution in [2.45, 2.75) is 19.0 Å². The third-order valence-corrected chi connectivity index (χ3v) is 7.18. The Morgan fingerprint density at radius 2 is 1.81 bits per heavy atom. The molecule has 222 valence electrons. The normalized spacial score (nSPS) is 16.0. The van der Waals surface area contributed by atoms with Gasteiger partial charge in [0.1, 0.15) is 36.9 Å². The lowest BCUT2D eigenvalue weighted by Gasteiger charge is -2.41. The molecule has 0 saturated carbocycles. The van der Waals surface area contributed by atoms with Crippen molar-refractivity contribution in [2.75, 3.05) is 44.9 Å². The van der Waals surface area contributed by atoms with Gasteiger partial charge in [0.05, 0.1) is 13.2 Å². The average Bonchev–Trinajstić information content (AvgIpc) is 3.60. The smallest absolute Gasteiger partial charge is 0.415 e. The van der Waals surface area contributed by atoms with E-state index < -0.39 is 6.09 Å². The van der Waals surface area contributed by atoms with E-state index in [2.05, 4.69) is 15.3 Å². The van der Waals surface area contributed by atoms with Crippen molar-refractivity contribution in [3.63, 3.8) is 0 Å². The van der Waals surface area contributed by atoms with Gasteiger partial charge >= 0.3 is 6.09 Å². The lowest BCUT2D eigenvalue weighted by atomic mass is 10.1. The van der Waals surface area contributed by atoms with E-state index in [9.17, 15) is 9.59 Å². The third kappa shape index (κ3) is 6.61.